The Morgan fingerprint density at radius 2 is 2.31 bits per heavy atom. The zero-order valence-electron chi connectivity index (χ0n) is 7.83. The van der Waals surface area contributed by atoms with E-state index in [2.05, 4.69) is 10.2 Å². The molecule has 3 fully saturated rings. The van der Waals surface area contributed by atoms with Gasteiger partial charge in [-0.25, -0.2) is 0 Å². The predicted octanol–water partition coefficient (Wildman–Crippen LogP) is 0.564. The monoisotopic (exact) mass is 180 g/mol. The predicted molar refractivity (Wildman–Crippen MR) is 49.0 cm³/mol. The van der Waals surface area contributed by atoms with Gasteiger partial charge in [0.15, 0.2) is 0 Å². The molecule has 1 saturated carbocycles. The van der Waals surface area contributed by atoms with E-state index in [1.54, 1.807) is 0 Å². The minimum Gasteiger partial charge on any atom is -0.327 e. The lowest BCUT2D eigenvalue weighted by molar-refractivity contribution is -0.133. The SMILES string of the molecule is O=C1C2CC2CN1C1CCCCN1. The first-order valence-corrected chi connectivity index (χ1v) is 5.40. The van der Waals surface area contributed by atoms with Crippen molar-refractivity contribution in [2.75, 3.05) is 13.1 Å². The second-order valence-corrected chi connectivity index (χ2v) is 4.56. The van der Waals surface area contributed by atoms with E-state index < -0.39 is 0 Å². The lowest BCUT2D eigenvalue weighted by Crippen LogP contribution is -2.49. The molecule has 13 heavy (non-hydrogen) atoms. The number of carbonyl (C=O) groups excluding carboxylic acids is 1. The van der Waals surface area contributed by atoms with E-state index in [4.69, 9.17) is 0 Å². The first-order chi connectivity index (χ1) is 6.36. The van der Waals surface area contributed by atoms with Crippen molar-refractivity contribution in [2.24, 2.45) is 11.8 Å². The van der Waals surface area contributed by atoms with Crippen LogP contribution in [-0.2, 0) is 4.79 Å². The number of likely N-dealkylation sites (tertiary alicyclic amines) is 1. The van der Waals surface area contributed by atoms with Gasteiger partial charge in [-0.3, -0.25) is 10.1 Å². The summed E-state index contributed by atoms with van der Waals surface area (Å²) in [6, 6.07) is 0. The number of rotatable bonds is 1. The highest BCUT2D eigenvalue weighted by molar-refractivity contribution is 5.84. The van der Waals surface area contributed by atoms with Crippen LogP contribution >= 0.6 is 0 Å². The van der Waals surface area contributed by atoms with E-state index in [1.165, 1.54) is 19.3 Å². The van der Waals surface area contributed by atoms with Gasteiger partial charge in [0.05, 0.1) is 6.17 Å². The van der Waals surface area contributed by atoms with Gasteiger partial charge in [-0.15, -0.1) is 0 Å². The van der Waals surface area contributed by atoms with Gasteiger partial charge in [-0.05, 0) is 38.1 Å². The lowest BCUT2D eigenvalue weighted by atomic mass is 10.1. The molecule has 3 heteroatoms. The molecule has 2 aliphatic heterocycles. The van der Waals surface area contributed by atoms with Crippen LogP contribution in [0.3, 0.4) is 0 Å². The van der Waals surface area contributed by atoms with E-state index in [1.807, 2.05) is 0 Å². The maximum absolute atomic E-state index is 11.7. The summed E-state index contributed by atoms with van der Waals surface area (Å²) in [5.74, 6) is 1.56. The Hall–Kier alpha value is -0.570. The smallest absolute Gasteiger partial charge is 0.227 e. The molecule has 0 aromatic heterocycles. The van der Waals surface area contributed by atoms with Gasteiger partial charge in [-0.2, -0.15) is 0 Å². The van der Waals surface area contributed by atoms with Gasteiger partial charge in [0, 0.05) is 12.5 Å². The number of hydrogen-bond donors (Lipinski definition) is 1. The highest BCUT2D eigenvalue weighted by Gasteiger charge is 2.53. The van der Waals surface area contributed by atoms with Crippen LogP contribution in [0.5, 0.6) is 0 Å². The van der Waals surface area contributed by atoms with Crippen LogP contribution < -0.4 is 5.32 Å². The Morgan fingerprint density at radius 3 is 2.92 bits per heavy atom. The van der Waals surface area contributed by atoms with Crippen molar-refractivity contribution in [3.8, 4) is 0 Å². The fraction of sp³-hybridized carbons (Fsp3) is 0.900. The fourth-order valence-corrected chi connectivity index (χ4v) is 2.69. The summed E-state index contributed by atoms with van der Waals surface area (Å²) in [6.07, 6.45) is 5.24. The highest BCUT2D eigenvalue weighted by Crippen LogP contribution is 2.46. The molecule has 0 bridgehead atoms. The van der Waals surface area contributed by atoms with Crippen LogP contribution in [0.1, 0.15) is 25.7 Å². The van der Waals surface area contributed by atoms with Gasteiger partial charge < -0.3 is 4.90 Å². The molecule has 3 aliphatic rings. The Balaban J connectivity index is 1.67. The maximum Gasteiger partial charge on any atom is 0.227 e. The number of piperidine rings is 2. The van der Waals surface area contributed by atoms with Crippen molar-refractivity contribution >= 4 is 5.91 Å². The first-order valence-electron chi connectivity index (χ1n) is 5.40. The first kappa shape index (κ1) is 7.80. The van der Waals surface area contributed by atoms with Crippen molar-refractivity contribution in [2.45, 2.75) is 31.8 Å². The third kappa shape index (κ3) is 1.17. The second kappa shape index (κ2) is 2.71. The lowest BCUT2D eigenvalue weighted by Gasteiger charge is -2.33. The molecule has 3 atom stereocenters. The number of hydrogen-bond acceptors (Lipinski definition) is 2. The topological polar surface area (TPSA) is 32.3 Å². The largest absolute Gasteiger partial charge is 0.327 e. The van der Waals surface area contributed by atoms with E-state index in [0.717, 1.165) is 25.4 Å². The normalized spacial score (nSPS) is 43.5. The second-order valence-electron chi connectivity index (χ2n) is 4.56. The summed E-state index contributed by atoms with van der Waals surface area (Å²) in [4.78, 5) is 13.8. The van der Waals surface area contributed by atoms with E-state index in [9.17, 15) is 4.79 Å². The summed E-state index contributed by atoms with van der Waals surface area (Å²) < 4.78 is 0. The fourth-order valence-electron chi connectivity index (χ4n) is 2.69. The van der Waals surface area contributed by atoms with Crippen LogP contribution in [0.4, 0.5) is 0 Å². The molecule has 1 aliphatic carbocycles. The molecular weight excluding hydrogens is 164 g/mol. The molecule has 2 heterocycles. The molecule has 0 spiro atoms. The van der Waals surface area contributed by atoms with E-state index in [-0.39, 0.29) is 0 Å². The number of fused-ring (bicyclic) bond motifs is 1. The average molecular weight is 180 g/mol. The van der Waals surface area contributed by atoms with Gasteiger partial charge >= 0.3 is 0 Å². The minimum absolute atomic E-state index is 0.369. The summed E-state index contributed by atoms with van der Waals surface area (Å²) in [5.41, 5.74) is 0. The van der Waals surface area contributed by atoms with Crippen LogP contribution in [-0.4, -0.2) is 30.1 Å². The molecule has 72 valence electrons. The summed E-state index contributed by atoms with van der Waals surface area (Å²) in [5, 5.41) is 3.44. The summed E-state index contributed by atoms with van der Waals surface area (Å²) >= 11 is 0. The van der Waals surface area contributed by atoms with Crippen LogP contribution in [0.15, 0.2) is 0 Å². The Kier molecular flexibility index (Phi) is 1.62. The van der Waals surface area contributed by atoms with Crippen molar-refractivity contribution in [1.82, 2.24) is 10.2 Å². The molecule has 1 N–H and O–H groups in total. The third-order valence-corrected chi connectivity index (χ3v) is 3.61. The van der Waals surface area contributed by atoms with Crippen molar-refractivity contribution in [3.05, 3.63) is 0 Å². The minimum atomic E-state index is 0.369. The Morgan fingerprint density at radius 1 is 1.38 bits per heavy atom. The molecular formula is C10H16N2O. The molecule has 0 aromatic carbocycles. The van der Waals surface area contributed by atoms with E-state index in [0.29, 0.717) is 18.0 Å². The summed E-state index contributed by atoms with van der Waals surface area (Å²) in [7, 11) is 0. The number of amides is 1. The summed E-state index contributed by atoms with van der Waals surface area (Å²) in [6.45, 7) is 2.12. The standard InChI is InChI=1S/C10H16N2O/c13-10-8-5-7(8)6-12(10)9-3-1-2-4-11-9/h7-9,11H,1-6H2. The van der Waals surface area contributed by atoms with Crippen molar-refractivity contribution < 1.29 is 4.79 Å². The number of nitrogens with zero attached hydrogens (tertiary/aromatic N) is 1. The van der Waals surface area contributed by atoms with Crippen molar-refractivity contribution in [3.63, 3.8) is 0 Å². The average Bonchev–Trinajstić information content (AvgIpc) is 2.88. The number of nitrogens with one attached hydrogen (secondary N) is 1. The van der Waals surface area contributed by atoms with Crippen molar-refractivity contribution in [1.29, 1.82) is 0 Å². The van der Waals surface area contributed by atoms with Crippen LogP contribution in [0.2, 0.25) is 0 Å². The molecule has 0 radical (unpaired) electrons. The molecule has 3 nitrogen and oxygen atoms in total. The zero-order chi connectivity index (χ0) is 8.84. The van der Waals surface area contributed by atoms with Crippen LogP contribution in [0.25, 0.3) is 0 Å². The van der Waals surface area contributed by atoms with Gasteiger partial charge in [-0.1, -0.05) is 0 Å². The number of carbonyl (C=O) groups is 1. The zero-order valence-corrected chi connectivity index (χ0v) is 7.83. The molecule has 1 amide bonds. The van der Waals surface area contributed by atoms with Crippen LogP contribution in [0, 0.1) is 11.8 Å². The molecule has 3 unspecified atom stereocenters. The highest BCUT2D eigenvalue weighted by atomic mass is 16.2. The molecule has 0 aromatic rings. The van der Waals surface area contributed by atoms with Gasteiger partial charge in [0.1, 0.15) is 0 Å². The van der Waals surface area contributed by atoms with E-state index >= 15 is 0 Å². The third-order valence-electron chi connectivity index (χ3n) is 3.61. The molecule has 2 saturated heterocycles. The quantitative estimate of drug-likeness (QED) is 0.639. The maximum atomic E-state index is 11.7. The molecule has 3 rings (SSSR count). The Labute approximate surface area is 78.5 Å². The van der Waals surface area contributed by atoms with Gasteiger partial charge in [0.2, 0.25) is 5.91 Å². The van der Waals surface area contributed by atoms with Gasteiger partial charge in [0.25, 0.3) is 0 Å². The Bertz CT molecular complexity index is 235.